The molecular weight excluding hydrogens is 332 g/mol. The maximum atomic E-state index is 13.6. The van der Waals surface area contributed by atoms with E-state index in [0.29, 0.717) is 6.54 Å². The summed E-state index contributed by atoms with van der Waals surface area (Å²) in [5, 5.41) is 9.33. The first-order valence-electron chi connectivity index (χ1n) is 7.08. The van der Waals surface area contributed by atoms with Gasteiger partial charge in [-0.25, -0.2) is 9.18 Å². The maximum absolute atomic E-state index is 13.6. The molecule has 1 aromatic rings. The van der Waals surface area contributed by atoms with E-state index in [9.17, 15) is 19.1 Å². The van der Waals surface area contributed by atoms with Gasteiger partial charge in [-0.05, 0) is 36.8 Å². The van der Waals surface area contributed by atoms with Gasteiger partial charge >= 0.3 is 5.97 Å². The summed E-state index contributed by atoms with van der Waals surface area (Å²) in [4.78, 5) is 25.5. The number of hydrogen-bond donors (Lipinski definition) is 1. The SMILES string of the molecule is O=C(O)C1C2CCCC2CN1C(=O)c1cc(F)c(Cl)cc1Cl. The predicted octanol–water partition coefficient (Wildman–Crippen LogP) is 3.46. The molecule has 0 spiro atoms. The number of halogens is 3. The van der Waals surface area contributed by atoms with Gasteiger partial charge < -0.3 is 10.0 Å². The number of rotatable bonds is 2. The van der Waals surface area contributed by atoms with Crippen LogP contribution in [0.4, 0.5) is 4.39 Å². The lowest BCUT2D eigenvalue weighted by atomic mass is 9.94. The second-order valence-electron chi connectivity index (χ2n) is 5.84. The van der Waals surface area contributed by atoms with Crippen LogP contribution >= 0.6 is 23.2 Å². The predicted molar refractivity (Wildman–Crippen MR) is 79.7 cm³/mol. The topological polar surface area (TPSA) is 57.6 Å². The van der Waals surface area contributed by atoms with Crippen LogP contribution in [-0.4, -0.2) is 34.5 Å². The minimum Gasteiger partial charge on any atom is -0.480 e. The fraction of sp³-hybridized carbons (Fsp3) is 0.467. The van der Waals surface area contributed by atoms with Crippen molar-refractivity contribution in [1.82, 2.24) is 4.90 Å². The van der Waals surface area contributed by atoms with Gasteiger partial charge in [0.25, 0.3) is 5.91 Å². The average Bonchev–Trinajstić information content (AvgIpc) is 3.01. The van der Waals surface area contributed by atoms with Crippen molar-refractivity contribution in [2.24, 2.45) is 11.8 Å². The molecule has 0 radical (unpaired) electrons. The van der Waals surface area contributed by atoms with Crippen molar-refractivity contribution >= 4 is 35.1 Å². The van der Waals surface area contributed by atoms with Crippen molar-refractivity contribution in [3.8, 4) is 0 Å². The van der Waals surface area contributed by atoms with Gasteiger partial charge in [-0.3, -0.25) is 4.79 Å². The Labute approximate surface area is 136 Å². The number of carbonyl (C=O) groups excluding carboxylic acids is 1. The van der Waals surface area contributed by atoms with Crippen LogP contribution in [0.2, 0.25) is 10.0 Å². The average molecular weight is 346 g/mol. The van der Waals surface area contributed by atoms with Crippen LogP contribution in [0.1, 0.15) is 29.6 Å². The molecule has 1 N–H and O–H groups in total. The van der Waals surface area contributed by atoms with E-state index in [0.717, 1.165) is 25.3 Å². The molecule has 1 aliphatic carbocycles. The van der Waals surface area contributed by atoms with Crippen molar-refractivity contribution in [2.45, 2.75) is 25.3 Å². The molecular formula is C15H14Cl2FNO3. The van der Waals surface area contributed by atoms with Crippen molar-refractivity contribution < 1.29 is 19.1 Å². The molecule has 1 heterocycles. The summed E-state index contributed by atoms with van der Waals surface area (Å²) >= 11 is 11.6. The summed E-state index contributed by atoms with van der Waals surface area (Å²) < 4.78 is 13.6. The number of aliphatic carboxylic acids is 1. The van der Waals surface area contributed by atoms with Crippen LogP contribution in [0.3, 0.4) is 0 Å². The number of carboxylic acids is 1. The third-order valence-corrected chi connectivity index (χ3v) is 5.25. The highest BCUT2D eigenvalue weighted by molar-refractivity contribution is 6.36. The normalized spacial score (nSPS) is 27.0. The van der Waals surface area contributed by atoms with Gasteiger partial charge in [0, 0.05) is 6.54 Å². The second kappa shape index (κ2) is 5.70. The Morgan fingerprint density at radius 1 is 1.23 bits per heavy atom. The Kier molecular flexibility index (Phi) is 4.03. The molecule has 1 aromatic carbocycles. The zero-order valence-electron chi connectivity index (χ0n) is 11.6. The molecule has 1 saturated carbocycles. The highest BCUT2D eigenvalue weighted by Gasteiger charge is 2.49. The number of carbonyl (C=O) groups is 2. The van der Waals surface area contributed by atoms with E-state index in [1.165, 1.54) is 11.0 Å². The van der Waals surface area contributed by atoms with Gasteiger partial charge in [0.15, 0.2) is 0 Å². The molecule has 2 aliphatic rings. The molecule has 3 atom stereocenters. The van der Waals surface area contributed by atoms with Gasteiger partial charge in [-0.1, -0.05) is 29.6 Å². The van der Waals surface area contributed by atoms with Crippen LogP contribution in [-0.2, 0) is 4.79 Å². The number of carboxylic acid groups (broad SMARTS) is 1. The lowest BCUT2D eigenvalue weighted by Crippen LogP contribution is -2.43. The standard InChI is InChI=1S/C15H14Cl2FNO3/c16-10-5-11(17)12(18)4-9(10)14(20)19-6-7-2-1-3-8(7)13(19)15(21)22/h4-5,7-8,13H,1-3,6H2,(H,21,22). The molecule has 118 valence electrons. The van der Waals surface area contributed by atoms with E-state index in [2.05, 4.69) is 0 Å². The van der Waals surface area contributed by atoms with Gasteiger partial charge in [-0.15, -0.1) is 0 Å². The highest BCUT2D eigenvalue weighted by atomic mass is 35.5. The van der Waals surface area contributed by atoms with E-state index in [1.807, 2.05) is 0 Å². The molecule has 7 heteroatoms. The van der Waals surface area contributed by atoms with Crippen LogP contribution in [0.5, 0.6) is 0 Å². The molecule has 3 rings (SSSR count). The van der Waals surface area contributed by atoms with E-state index < -0.39 is 23.7 Å². The fourth-order valence-corrected chi connectivity index (χ4v) is 4.14. The zero-order chi connectivity index (χ0) is 16.0. The molecule has 2 fully saturated rings. The number of benzene rings is 1. The maximum Gasteiger partial charge on any atom is 0.326 e. The first kappa shape index (κ1) is 15.6. The van der Waals surface area contributed by atoms with E-state index in [1.54, 1.807) is 0 Å². The number of nitrogens with zero attached hydrogens (tertiary/aromatic N) is 1. The number of hydrogen-bond acceptors (Lipinski definition) is 2. The smallest absolute Gasteiger partial charge is 0.326 e. The van der Waals surface area contributed by atoms with Crippen molar-refractivity contribution in [2.75, 3.05) is 6.54 Å². The van der Waals surface area contributed by atoms with Gasteiger partial charge in [0.2, 0.25) is 0 Å². The Hall–Kier alpha value is -1.33. The minimum absolute atomic E-state index is 0.0256. The monoisotopic (exact) mass is 345 g/mol. The number of likely N-dealkylation sites (tertiary alicyclic amines) is 1. The Morgan fingerprint density at radius 2 is 1.95 bits per heavy atom. The van der Waals surface area contributed by atoms with Gasteiger partial charge in [0.1, 0.15) is 11.9 Å². The number of amides is 1. The highest BCUT2D eigenvalue weighted by Crippen LogP contribution is 2.43. The van der Waals surface area contributed by atoms with E-state index in [4.69, 9.17) is 23.2 Å². The summed E-state index contributed by atoms with van der Waals surface area (Å²) in [6.07, 6.45) is 2.70. The first-order chi connectivity index (χ1) is 10.4. The zero-order valence-corrected chi connectivity index (χ0v) is 13.1. The molecule has 0 aromatic heterocycles. The largest absolute Gasteiger partial charge is 0.480 e. The Bertz CT molecular complexity index is 652. The third kappa shape index (κ3) is 2.46. The second-order valence-corrected chi connectivity index (χ2v) is 6.66. The molecule has 1 saturated heterocycles. The van der Waals surface area contributed by atoms with Crippen molar-refractivity contribution in [3.05, 3.63) is 33.6 Å². The van der Waals surface area contributed by atoms with Crippen LogP contribution in [0, 0.1) is 17.7 Å². The third-order valence-electron chi connectivity index (χ3n) is 4.64. The molecule has 0 bridgehead atoms. The lowest BCUT2D eigenvalue weighted by Gasteiger charge is -2.25. The molecule has 1 amide bonds. The van der Waals surface area contributed by atoms with Gasteiger partial charge in [-0.2, -0.15) is 0 Å². The molecule has 22 heavy (non-hydrogen) atoms. The van der Waals surface area contributed by atoms with E-state index >= 15 is 0 Å². The lowest BCUT2D eigenvalue weighted by molar-refractivity contribution is -0.142. The summed E-state index contributed by atoms with van der Waals surface area (Å²) in [6, 6.07) is 1.27. The van der Waals surface area contributed by atoms with E-state index in [-0.39, 0.29) is 27.4 Å². The number of fused-ring (bicyclic) bond motifs is 1. The van der Waals surface area contributed by atoms with Crippen LogP contribution in [0.25, 0.3) is 0 Å². The Balaban J connectivity index is 1.95. The van der Waals surface area contributed by atoms with Crippen molar-refractivity contribution in [3.63, 3.8) is 0 Å². The Morgan fingerprint density at radius 3 is 2.64 bits per heavy atom. The molecule has 1 aliphatic heterocycles. The molecule has 3 unspecified atom stereocenters. The first-order valence-corrected chi connectivity index (χ1v) is 7.84. The summed E-state index contributed by atoms with van der Waals surface area (Å²) in [7, 11) is 0. The quantitative estimate of drug-likeness (QED) is 0.835. The summed E-state index contributed by atoms with van der Waals surface area (Å²) in [5.41, 5.74) is -0.0465. The summed E-state index contributed by atoms with van der Waals surface area (Å²) in [5.74, 6) is -2.16. The van der Waals surface area contributed by atoms with Gasteiger partial charge in [0.05, 0.1) is 15.6 Å². The van der Waals surface area contributed by atoms with Crippen LogP contribution in [0.15, 0.2) is 12.1 Å². The van der Waals surface area contributed by atoms with Crippen LogP contribution < -0.4 is 0 Å². The molecule has 4 nitrogen and oxygen atoms in total. The fourth-order valence-electron chi connectivity index (χ4n) is 3.67. The van der Waals surface area contributed by atoms with Crippen molar-refractivity contribution in [1.29, 1.82) is 0 Å². The minimum atomic E-state index is -1.02. The summed E-state index contributed by atoms with van der Waals surface area (Å²) in [6.45, 7) is 0.376.